The fourth-order valence-electron chi connectivity index (χ4n) is 4.23. The summed E-state index contributed by atoms with van der Waals surface area (Å²) in [5, 5.41) is 2.85. The lowest BCUT2D eigenvalue weighted by atomic mass is 9.79. The second-order valence-electron chi connectivity index (χ2n) is 7.81. The van der Waals surface area contributed by atoms with Gasteiger partial charge in [0.25, 0.3) is 5.91 Å². The molecule has 156 valence electrons. The fraction of sp³-hybridized carbons (Fsp3) is 0.789. The molecule has 2 aliphatic rings. The maximum atomic E-state index is 12.6. The first-order valence-corrected chi connectivity index (χ1v) is 10.6. The summed E-state index contributed by atoms with van der Waals surface area (Å²) in [6.45, 7) is 8.95. The first-order valence-electron chi connectivity index (χ1n) is 9.76. The summed E-state index contributed by atoms with van der Waals surface area (Å²) in [5.74, 6) is 1.81. The molecule has 8 heteroatoms. The molecule has 1 amide bonds. The molecule has 2 heterocycles. The van der Waals surface area contributed by atoms with E-state index in [1.165, 1.54) is 25.7 Å². The molecule has 3 rings (SSSR count). The number of hydrogen-bond donors (Lipinski definition) is 1. The van der Waals surface area contributed by atoms with E-state index in [4.69, 9.17) is 5.73 Å². The normalized spacial score (nSPS) is 23.6. The Labute approximate surface area is 179 Å². The van der Waals surface area contributed by atoms with Crippen LogP contribution in [-0.2, 0) is 6.42 Å². The summed E-state index contributed by atoms with van der Waals surface area (Å²) in [5.41, 5.74) is 6.16. The van der Waals surface area contributed by atoms with E-state index >= 15 is 0 Å². The van der Waals surface area contributed by atoms with Crippen LogP contribution in [0.15, 0.2) is 5.38 Å². The van der Waals surface area contributed by atoms with Crippen LogP contribution in [0.1, 0.15) is 55.0 Å². The van der Waals surface area contributed by atoms with Gasteiger partial charge in [-0.15, -0.1) is 36.2 Å². The fourth-order valence-corrected chi connectivity index (χ4v) is 5.02. The monoisotopic (exact) mass is 436 g/mol. The molecule has 1 saturated carbocycles. The minimum absolute atomic E-state index is 0. The predicted octanol–water partition coefficient (Wildman–Crippen LogP) is 3.46. The van der Waals surface area contributed by atoms with Crippen LogP contribution in [0.5, 0.6) is 0 Å². The zero-order valence-electron chi connectivity index (χ0n) is 16.4. The largest absolute Gasteiger partial charge is 0.335 e. The van der Waals surface area contributed by atoms with Crippen molar-refractivity contribution in [3.63, 3.8) is 0 Å². The van der Waals surface area contributed by atoms with Gasteiger partial charge in [0.05, 0.1) is 5.01 Å². The van der Waals surface area contributed by atoms with Gasteiger partial charge in [-0.3, -0.25) is 9.69 Å². The standard InChI is InChI=1S/C19H32N4OS.2ClH/c1-14(2)15-3-5-16(6-4-15)22-9-11-23(12-10-22)19(24)17-13-25-18(21-17)7-8-20;;/h13-16H,3-12,20H2,1-2H3;2*1H. The highest BCUT2D eigenvalue weighted by molar-refractivity contribution is 7.09. The van der Waals surface area contributed by atoms with Crippen LogP contribution in [-0.4, -0.2) is 59.5 Å². The zero-order chi connectivity index (χ0) is 17.8. The highest BCUT2D eigenvalue weighted by atomic mass is 35.5. The van der Waals surface area contributed by atoms with Gasteiger partial charge in [-0.2, -0.15) is 0 Å². The number of rotatable bonds is 5. The summed E-state index contributed by atoms with van der Waals surface area (Å²) in [6.07, 6.45) is 6.13. The molecule has 2 N–H and O–H groups in total. The molecular formula is C19H34Cl2N4OS. The Morgan fingerprint density at radius 1 is 1.19 bits per heavy atom. The third kappa shape index (κ3) is 6.29. The molecule has 1 aliphatic carbocycles. The molecule has 27 heavy (non-hydrogen) atoms. The van der Waals surface area contributed by atoms with Crippen molar-refractivity contribution in [1.82, 2.24) is 14.8 Å². The number of aromatic nitrogens is 1. The molecule has 0 atom stereocenters. The maximum Gasteiger partial charge on any atom is 0.273 e. The summed E-state index contributed by atoms with van der Waals surface area (Å²) in [6, 6.07) is 0.725. The van der Waals surface area contributed by atoms with E-state index in [-0.39, 0.29) is 30.7 Å². The van der Waals surface area contributed by atoms with Crippen LogP contribution in [0.25, 0.3) is 0 Å². The van der Waals surface area contributed by atoms with Gasteiger partial charge in [-0.25, -0.2) is 4.98 Å². The highest BCUT2D eigenvalue weighted by Crippen LogP contribution is 2.32. The van der Waals surface area contributed by atoms with Crippen LogP contribution in [0.2, 0.25) is 0 Å². The SMILES string of the molecule is CC(C)C1CCC(N2CCN(C(=O)c3csc(CCN)n3)CC2)CC1.Cl.Cl. The third-order valence-electron chi connectivity index (χ3n) is 5.93. The number of amides is 1. The van der Waals surface area contributed by atoms with E-state index in [1.54, 1.807) is 11.3 Å². The van der Waals surface area contributed by atoms with Crippen molar-refractivity contribution in [3.05, 3.63) is 16.1 Å². The van der Waals surface area contributed by atoms with Gasteiger partial charge >= 0.3 is 0 Å². The molecule has 0 spiro atoms. The van der Waals surface area contributed by atoms with Crippen LogP contribution in [0, 0.1) is 11.8 Å². The van der Waals surface area contributed by atoms with Crippen LogP contribution in [0.3, 0.4) is 0 Å². The van der Waals surface area contributed by atoms with Gasteiger partial charge in [0.1, 0.15) is 5.69 Å². The second-order valence-corrected chi connectivity index (χ2v) is 8.75. The first kappa shape index (κ1) is 24.6. The minimum atomic E-state index is 0. The number of thiazole rings is 1. The quantitative estimate of drug-likeness (QED) is 0.767. The summed E-state index contributed by atoms with van der Waals surface area (Å²) in [7, 11) is 0. The van der Waals surface area contributed by atoms with Crippen molar-refractivity contribution in [2.45, 2.75) is 52.0 Å². The Morgan fingerprint density at radius 3 is 2.37 bits per heavy atom. The van der Waals surface area contributed by atoms with Gasteiger partial charge < -0.3 is 10.6 Å². The lowest BCUT2D eigenvalue weighted by molar-refractivity contribution is 0.0474. The van der Waals surface area contributed by atoms with E-state index < -0.39 is 0 Å². The number of carbonyl (C=O) groups is 1. The van der Waals surface area contributed by atoms with Crippen molar-refractivity contribution >= 4 is 42.1 Å². The molecule has 2 fully saturated rings. The molecule has 0 bridgehead atoms. The predicted molar refractivity (Wildman–Crippen MR) is 117 cm³/mol. The van der Waals surface area contributed by atoms with Gasteiger partial charge in [0, 0.05) is 44.0 Å². The summed E-state index contributed by atoms with van der Waals surface area (Å²) in [4.78, 5) is 21.7. The van der Waals surface area contributed by atoms with Gasteiger partial charge in [0.2, 0.25) is 0 Å². The number of nitrogens with zero attached hydrogens (tertiary/aromatic N) is 3. The molecule has 0 unspecified atom stereocenters. The van der Waals surface area contributed by atoms with Gasteiger partial charge in [0.15, 0.2) is 0 Å². The molecule has 1 aromatic rings. The summed E-state index contributed by atoms with van der Waals surface area (Å²) < 4.78 is 0. The van der Waals surface area contributed by atoms with Crippen LogP contribution < -0.4 is 5.73 Å². The number of hydrogen-bond acceptors (Lipinski definition) is 5. The molecular weight excluding hydrogens is 403 g/mol. The number of carbonyl (C=O) groups excluding carboxylic acids is 1. The molecule has 1 saturated heterocycles. The van der Waals surface area contributed by atoms with E-state index in [9.17, 15) is 4.79 Å². The average molecular weight is 437 g/mol. The minimum Gasteiger partial charge on any atom is -0.335 e. The van der Waals surface area contributed by atoms with Crippen molar-refractivity contribution in [2.75, 3.05) is 32.7 Å². The van der Waals surface area contributed by atoms with Crippen molar-refractivity contribution in [3.8, 4) is 0 Å². The number of nitrogens with two attached hydrogens (primary N) is 1. The van der Waals surface area contributed by atoms with Crippen molar-refractivity contribution in [2.24, 2.45) is 17.6 Å². The molecule has 0 aromatic carbocycles. The average Bonchev–Trinajstić information content (AvgIpc) is 3.10. The lowest BCUT2D eigenvalue weighted by Crippen LogP contribution is -2.52. The lowest BCUT2D eigenvalue weighted by Gasteiger charge is -2.42. The smallest absolute Gasteiger partial charge is 0.273 e. The number of halogens is 2. The zero-order valence-corrected chi connectivity index (χ0v) is 18.9. The molecule has 0 radical (unpaired) electrons. The summed E-state index contributed by atoms with van der Waals surface area (Å²) >= 11 is 1.54. The van der Waals surface area contributed by atoms with Crippen LogP contribution >= 0.6 is 36.2 Å². The van der Waals surface area contributed by atoms with E-state index in [1.807, 2.05) is 10.3 Å². The highest BCUT2D eigenvalue weighted by Gasteiger charge is 2.30. The maximum absolute atomic E-state index is 12.6. The van der Waals surface area contributed by atoms with Crippen molar-refractivity contribution in [1.29, 1.82) is 0 Å². The van der Waals surface area contributed by atoms with Gasteiger partial charge in [-0.1, -0.05) is 13.8 Å². The van der Waals surface area contributed by atoms with E-state index in [0.717, 1.165) is 55.5 Å². The van der Waals surface area contributed by atoms with E-state index in [0.29, 0.717) is 12.2 Å². The topological polar surface area (TPSA) is 62.5 Å². The van der Waals surface area contributed by atoms with Crippen molar-refractivity contribution < 1.29 is 4.79 Å². The van der Waals surface area contributed by atoms with E-state index in [2.05, 4.69) is 23.7 Å². The Hall–Kier alpha value is -0.400. The molecule has 1 aromatic heterocycles. The number of piperazine rings is 1. The Bertz CT molecular complexity index is 568. The first-order chi connectivity index (χ1) is 12.1. The second kappa shape index (κ2) is 11.6. The Kier molecular flexibility index (Phi) is 10.6. The molecule has 1 aliphatic heterocycles. The third-order valence-corrected chi connectivity index (χ3v) is 6.84. The van der Waals surface area contributed by atoms with Gasteiger partial charge in [-0.05, 0) is 44.1 Å². The Balaban J connectivity index is 0.00000182. The van der Waals surface area contributed by atoms with Crippen LogP contribution in [0.4, 0.5) is 0 Å². The molecule has 5 nitrogen and oxygen atoms in total. The Morgan fingerprint density at radius 2 is 1.81 bits per heavy atom.